The van der Waals surface area contributed by atoms with E-state index in [1.54, 1.807) is 0 Å². The van der Waals surface area contributed by atoms with Crippen LogP contribution in [0.25, 0.3) is 5.73 Å². The van der Waals surface area contributed by atoms with Crippen molar-refractivity contribution in [1.29, 1.82) is 5.41 Å². The molecule has 0 unspecified atom stereocenters. The Morgan fingerprint density at radius 1 is 1.19 bits per heavy atom. The molecule has 16 heavy (non-hydrogen) atoms. The molecule has 4 heteroatoms. The van der Waals surface area contributed by atoms with E-state index in [0.29, 0.717) is 13.0 Å². The van der Waals surface area contributed by atoms with Gasteiger partial charge in [-0.3, -0.25) is 5.41 Å². The molecule has 0 spiro atoms. The fraction of sp³-hybridized carbons (Fsp3) is 0.917. The Hall–Kier alpha value is -1.57. The maximum absolute atomic E-state index is 7.76. The van der Waals surface area contributed by atoms with Crippen LogP contribution in [0.2, 0.25) is 0 Å². The maximum Gasteiger partial charge on any atom is 0.186 e. The first kappa shape index (κ1) is 19.9. The zero-order chi connectivity index (χ0) is 12.7. The van der Waals surface area contributed by atoms with Crippen LogP contribution in [0.15, 0.2) is 0 Å². The molecule has 0 saturated carbocycles. The summed E-state index contributed by atoms with van der Waals surface area (Å²) in [6, 6.07) is 0. The van der Waals surface area contributed by atoms with Gasteiger partial charge in [0.2, 0.25) is 0 Å². The molecule has 0 aliphatic carbocycles. The van der Waals surface area contributed by atoms with E-state index in [4.69, 9.17) is 15.9 Å². The largest absolute Gasteiger partial charge is 0.672 e. The predicted octanol–water partition coefficient (Wildman–Crippen LogP) is 4.27. The normalized spacial score (nSPS) is 10.8. The van der Waals surface area contributed by atoms with Gasteiger partial charge in [-0.2, -0.15) is 0 Å². The van der Waals surface area contributed by atoms with E-state index in [2.05, 4.69) is 0 Å². The zero-order valence-electron chi connectivity index (χ0n) is 12.0. The fourth-order valence-corrected chi connectivity index (χ4v) is 1.52. The fourth-order valence-electron chi connectivity index (χ4n) is 1.52. The second-order valence-electron chi connectivity index (χ2n) is 4.71. The van der Waals surface area contributed by atoms with Crippen molar-refractivity contribution in [2.75, 3.05) is 6.61 Å². The van der Waals surface area contributed by atoms with E-state index in [9.17, 15) is 0 Å². The molecule has 94 valence electrons. The Morgan fingerprint density at radius 2 is 1.56 bits per heavy atom. The van der Waals surface area contributed by atoms with Crippen LogP contribution < -0.4 is 0 Å². The second-order valence-corrected chi connectivity index (χ2v) is 4.71. The SMILES string of the molecule is CC.CCOC(=N)C(C)(C)CC(C)(C)[NH-].[Rf]. The van der Waals surface area contributed by atoms with Gasteiger partial charge in [0, 0.05) is 5.41 Å². The molecule has 0 aromatic heterocycles. The average Bonchev–Trinajstić information content (AvgIpc) is 2.04. The van der Waals surface area contributed by atoms with Gasteiger partial charge in [-0.1, -0.05) is 48.0 Å². The minimum Gasteiger partial charge on any atom is -0.672 e. The van der Waals surface area contributed by atoms with Crippen molar-refractivity contribution in [1.82, 2.24) is 0 Å². The Bertz CT molecular complexity index is 186. The maximum atomic E-state index is 7.76. The third-order valence-corrected chi connectivity index (χ3v) is 1.79. The molecule has 0 aliphatic rings. The first-order chi connectivity index (χ1) is 6.69. The van der Waals surface area contributed by atoms with Crippen LogP contribution in [0.3, 0.4) is 0 Å². The van der Waals surface area contributed by atoms with Gasteiger partial charge >= 0.3 is 0 Å². The van der Waals surface area contributed by atoms with E-state index in [-0.39, 0.29) is 11.3 Å². The minimum atomic E-state index is -0.507. The van der Waals surface area contributed by atoms with E-state index in [1.165, 1.54) is 0 Å². The van der Waals surface area contributed by atoms with E-state index >= 15 is 0 Å². The Balaban J connectivity index is -0.000000529. The molecule has 2 N–H and O–H groups in total. The Morgan fingerprint density at radius 3 is 1.81 bits per heavy atom. The van der Waals surface area contributed by atoms with Crippen molar-refractivity contribution in [3.63, 3.8) is 0 Å². The van der Waals surface area contributed by atoms with Crippen molar-refractivity contribution in [2.24, 2.45) is 5.41 Å². The summed E-state index contributed by atoms with van der Waals surface area (Å²) in [4.78, 5) is 0. The summed E-state index contributed by atoms with van der Waals surface area (Å²) in [5.41, 5.74) is 6.92. The van der Waals surface area contributed by atoms with E-state index < -0.39 is 5.54 Å². The van der Waals surface area contributed by atoms with Gasteiger partial charge in [0.1, 0.15) is 0 Å². The number of hydrogen-bond donors (Lipinski definition) is 1. The predicted molar refractivity (Wildman–Crippen MR) is 67.5 cm³/mol. The number of ether oxygens (including phenoxy) is 1. The molecule has 0 amide bonds. The third kappa shape index (κ3) is 9.00. The average molecular weight is 482 g/mol. The monoisotopic (exact) mass is 482 g/mol. The third-order valence-electron chi connectivity index (χ3n) is 1.79. The van der Waals surface area contributed by atoms with Crippen molar-refractivity contribution in [2.45, 2.75) is 60.4 Å². The summed E-state index contributed by atoms with van der Waals surface area (Å²) in [5.74, 6) is 0.287. The van der Waals surface area contributed by atoms with E-state index in [1.807, 2.05) is 48.5 Å². The van der Waals surface area contributed by atoms with Crippen LogP contribution >= 0.6 is 0 Å². The molecule has 0 rings (SSSR count). The summed E-state index contributed by atoms with van der Waals surface area (Å²) in [6.45, 7) is 14.0. The molecular formula is C12H27N2ORf-. The summed E-state index contributed by atoms with van der Waals surface area (Å²) in [6.07, 6.45) is 0.638. The molecule has 0 aromatic carbocycles. The molecule has 0 saturated heterocycles. The number of hydrogen-bond acceptors (Lipinski definition) is 2. The Labute approximate surface area is 94.9 Å². The van der Waals surface area contributed by atoms with Gasteiger partial charge in [-0.05, 0) is 6.92 Å². The quantitative estimate of drug-likeness (QED) is 0.472. The van der Waals surface area contributed by atoms with Gasteiger partial charge in [-0.15, -0.1) is 5.54 Å². The van der Waals surface area contributed by atoms with Crippen molar-refractivity contribution in [3.8, 4) is 0 Å². The van der Waals surface area contributed by atoms with Crippen molar-refractivity contribution < 1.29 is 4.74 Å². The van der Waals surface area contributed by atoms with Gasteiger partial charge in [0.25, 0.3) is 0 Å². The van der Waals surface area contributed by atoms with Gasteiger partial charge < -0.3 is 10.5 Å². The van der Waals surface area contributed by atoms with Gasteiger partial charge in [0.15, 0.2) is 5.90 Å². The summed E-state index contributed by atoms with van der Waals surface area (Å²) in [5, 5.41) is 7.67. The molecular weight excluding hydrogens is 455 g/mol. The topological polar surface area (TPSA) is 56.9 Å². The van der Waals surface area contributed by atoms with Crippen molar-refractivity contribution in [3.05, 3.63) is 5.73 Å². The molecule has 3 nitrogen and oxygen atoms in total. The molecule has 0 atom stereocenters. The summed E-state index contributed by atoms with van der Waals surface area (Å²) in [7, 11) is 0. The van der Waals surface area contributed by atoms with E-state index in [0.717, 1.165) is 0 Å². The summed E-state index contributed by atoms with van der Waals surface area (Å²) < 4.78 is 5.15. The molecule has 0 heterocycles. The standard InChI is InChI=1S/C10H21N2O.C2H6.Rf/c1-6-13-8(11)9(2,3)7-10(4,5)12;1-2;/h11-12H,6-7H2,1-5H3;1-2H3;/q-1;;. The minimum absolute atomic E-state index is 0. The van der Waals surface area contributed by atoms with Crippen LogP contribution in [0.1, 0.15) is 54.9 Å². The number of rotatable bonds is 4. The first-order valence-corrected chi connectivity index (χ1v) is 5.66. The smallest absolute Gasteiger partial charge is 0.186 e. The van der Waals surface area contributed by atoms with Gasteiger partial charge in [0.05, 0.1) is 6.61 Å². The van der Waals surface area contributed by atoms with Crippen molar-refractivity contribution >= 4 is 5.90 Å². The molecule has 0 aliphatic heterocycles. The molecule has 0 radical (unpaired) electrons. The molecule has 0 bridgehead atoms. The second kappa shape index (κ2) is 7.69. The van der Waals surface area contributed by atoms with Gasteiger partial charge in [-0.25, -0.2) is 0 Å². The van der Waals surface area contributed by atoms with Crippen LogP contribution in [0.4, 0.5) is 0 Å². The van der Waals surface area contributed by atoms with Crippen LogP contribution in [-0.2, 0) is 4.74 Å². The van der Waals surface area contributed by atoms with Crippen LogP contribution in [0.5, 0.6) is 0 Å². The molecule has 0 fully saturated rings. The first-order valence-electron chi connectivity index (χ1n) is 5.66. The van der Waals surface area contributed by atoms with Crippen LogP contribution in [0, 0.1) is 10.8 Å². The number of nitrogens with one attached hydrogen (secondary N) is 2. The molecule has 0 aromatic rings. The zero-order valence-corrected chi connectivity index (χ0v) is 18.4. The Kier molecular flexibility index (Phi) is 9.57. The van der Waals surface area contributed by atoms with Crippen LogP contribution in [-0.4, -0.2) is 18.0 Å². The summed E-state index contributed by atoms with van der Waals surface area (Å²) >= 11 is 0.